The van der Waals surface area contributed by atoms with E-state index in [9.17, 15) is 9.59 Å². The maximum Gasteiger partial charge on any atom is 0.246 e. The lowest BCUT2D eigenvalue weighted by atomic mass is 10.2. The zero-order chi connectivity index (χ0) is 19.1. The molecular weight excluding hydrogens is 344 g/mol. The van der Waals surface area contributed by atoms with E-state index in [4.69, 9.17) is 5.73 Å². The molecule has 0 aliphatic heterocycles. The lowest BCUT2D eigenvalue weighted by Gasteiger charge is -2.22. The predicted octanol–water partition coefficient (Wildman–Crippen LogP) is 1.24. The molecule has 138 valence electrons. The van der Waals surface area contributed by atoms with Crippen LogP contribution in [0.4, 0.5) is 0 Å². The highest BCUT2D eigenvalue weighted by Crippen LogP contribution is 2.12. The quantitative estimate of drug-likeness (QED) is 0.647. The van der Waals surface area contributed by atoms with E-state index >= 15 is 0 Å². The molecule has 0 fully saturated rings. The summed E-state index contributed by atoms with van der Waals surface area (Å²) in [6.07, 6.45) is 0.0959. The first-order valence-electron chi connectivity index (χ1n) is 8.55. The summed E-state index contributed by atoms with van der Waals surface area (Å²) in [5.41, 5.74) is 7.03. The van der Waals surface area contributed by atoms with E-state index in [1.54, 1.807) is 4.90 Å². The number of amides is 2. The van der Waals surface area contributed by atoms with Crippen LogP contribution in [0.15, 0.2) is 60.7 Å². The summed E-state index contributed by atoms with van der Waals surface area (Å²) in [6, 6.07) is 19.0. The van der Waals surface area contributed by atoms with Gasteiger partial charge in [-0.15, -0.1) is 10.2 Å². The first kappa shape index (κ1) is 18.2. The number of benzene rings is 2. The summed E-state index contributed by atoms with van der Waals surface area (Å²) < 4.78 is 0. The number of hydrogen-bond acceptors (Lipinski definition) is 5. The van der Waals surface area contributed by atoms with Crippen molar-refractivity contribution in [2.75, 3.05) is 6.54 Å². The second-order valence-electron chi connectivity index (χ2n) is 6.03. The number of carbonyl (C=O) groups excluding carboxylic acids is 2. The first-order chi connectivity index (χ1) is 13.1. The highest BCUT2D eigenvalue weighted by atomic mass is 16.2. The summed E-state index contributed by atoms with van der Waals surface area (Å²) in [7, 11) is 0. The van der Waals surface area contributed by atoms with Gasteiger partial charge in [0.2, 0.25) is 17.6 Å². The van der Waals surface area contributed by atoms with Crippen LogP contribution >= 0.6 is 0 Å². The van der Waals surface area contributed by atoms with Gasteiger partial charge in [0.25, 0.3) is 0 Å². The van der Waals surface area contributed by atoms with Gasteiger partial charge in [0.05, 0.1) is 0 Å². The molecule has 0 saturated carbocycles. The average molecular weight is 364 g/mol. The van der Waals surface area contributed by atoms with Gasteiger partial charge in [-0.3, -0.25) is 9.59 Å². The molecule has 0 atom stereocenters. The standard InChI is InChI=1S/C19H20N6O2/c20-17(26)11-12-24(13-15-7-3-1-4-8-15)18(27)14-25-22-19(21-23-25)16-9-5-2-6-10-16/h1-10H,11-14H2,(H2,20,26). The monoisotopic (exact) mass is 364 g/mol. The summed E-state index contributed by atoms with van der Waals surface area (Å²) >= 11 is 0. The molecule has 2 aromatic carbocycles. The maximum absolute atomic E-state index is 12.7. The fraction of sp³-hybridized carbons (Fsp3) is 0.211. The van der Waals surface area contributed by atoms with Gasteiger partial charge in [0, 0.05) is 25.1 Å². The molecule has 8 nitrogen and oxygen atoms in total. The molecule has 1 heterocycles. The molecule has 0 saturated heterocycles. The van der Waals surface area contributed by atoms with Gasteiger partial charge in [0.15, 0.2) is 0 Å². The number of nitrogens with zero attached hydrogens (tertiary/aromatic N) is 5. The first-order valence-corrected chi connectivity index (χ1v) is 8.55. The van der Waals surface area contributed by atoms with Gasteiger partial charge < -0.3 is 10.6 Å². The van der Waals surface area contributed by atoms with Gasteiger partial charge in [-0.2, -0.15) is 4.80 Å². The Morgan fingerprint density at radius 3 is 2.33 bits per heavy atom. The van der Waals surface area contributed by atoms with Crippen LogP contribution in [0.3, 0.4) is 0 Å². The number of rotatable bonds is 8. The Balaban J connectivity index is 1.70. The normalized spacial score (nSPS) is 10.5. The van der Waals surface area contributed by atoms with Crippen molar-refractivity contribution in [3.05, 3.63) is 66.2 Å². The van der Waals surface area contributed by atoms with Gasteiger partial charge in [-0.25, -0.2) is 0 Å². The molecule has 8 heteroatoms. The Morgan fingerprint density at radius 1 is 1.00 bits per heavy atom. The molecule has 2 amide bonds. The Kier molecular flexibility index (Phi) is 5.88. The Labute approximate surface area is 156 Å². The molecule has 0 aliphatic rings. The van der Waals surface area contributed by atoms with Crippen LogP contribution in [0.2, 0.25) is 0 Å². The second-order valence-corrected chi connectivity index (χ2v) is 6.03. The summed E-state index contributed by atoms with van der Waals surface area (Å²) in [4.78, 5) is 26.7. The SMILES string of the molecule is NC(=O)CCN(Cc1ccccc1)C(=O)Cn1nnc(-c2ccccc2)n1. The van der Waals surface area contributed by atoms with Gasteiger partial charge in [-0.05, 0) is 10.8 Å². The highest BCUT2D eigenvalue weighted by molar-refractivity contribution is 5.78. The van der Waals surface area contributed by atoms with Crippen molar-refractivity contribution in [1.29, 1.82) is 0 Å². The molecule has 3 rings (SSSR count). The lowest BCUT2D eigenvalue weighted by molar-refractivity contribution is -0.133. The Bertz CT molecular complexity index is 895. The maximum atomic E-state index is 12.7. The van der Waals surface area contributed by atoms with Crippen molar-refractivity contribution in [3.63, 3.8) is 0 Å². The van der Waals surface area contributed by atoms with E-state index in [-0.39, 0.29) is 25.4 Å². The van der Waals surface area contributed by atoms with Crippen LogP contribution in [0.1, 0.15) is 12.0 Å². The average Bonchev–Trinajstić information content (AvgIpc) is 3.15. The van der Waals surface area contributed by atoms with Gasteiger partial charge in [0.1, 0.15) is 6.54 Å². The van der Waals surface area contributed by atoms with E-state index in [2.05, 4.69) is 15.4 Å². The fourth-order valence-corrected chi connectivity index (χ4v) is 2.57. The zero-order valence-electron chi connectivity index (χ0n) is 14.7. The van der Waals surface area contributed by atoms with E-state index in [0.29, 0.717) is 12.4 Å². The van der Waals surface area contributed by atoms with E-state index < -0.39 is 5.91 Å². The molecule has 3 aromatic rings. The smallest absolute Gasteiger partial charge is 0.246 e. The number of primary amides is 1. The van der Waals surface area contributed by atoms with Crippen LogP contribution in [0.5, 0.6) is 0 Å². The second kappa shape index (κ2) is 8.70. The number of nitrogens with two attached hydrogens (primary N) is 1. The van der Waals surface area contributed by atoms with Crippen molar-refractivity contribution < 1.29 is 9.59 Å². The molecule has 0 unspecified atom stereocenters. The summed E-state index contributed by atoms with van der Waals surface area (Å²) in [6.45, 7) is 0.557. The van der Waals surface area contributed by atoms with E-state index in [1.807, 2.05) is 60.7 Å². The topological polar surface area (TPSA) is 107 Å². The minimum Gasteiger partial charge on any atom is -0.370 e. The largest absolute Gasteiger partial charge is 0.370 e. The molecule has 0 radical (unpaired) electrons. The minimum absolute atomic E-state index is 0.0641. The van der Waals surface area contributed by atoms with Crippen LogP contribution in [-0.4, -0.2) is 43.5 Å². The van der Waals surface area contributed by atoms with Crippen molar-refractivity contribution in [2.45, 2.75) is 19.5 Å². The van der Waals surface area contributed by atoms with E-state index in [1.165, 1.54) is 4.80 Å². The molecule has 0 bridgehead atoms. The number of hydrogen-bond donors (Lipinski definition) is 1. The van der Waals surface area contributed by atoms with Crippen LogP contribution in [-0.2, 0) is 22.7 Å². The summed E-state index contributed by atoms with van der Waals surface area (Å²) in [5, 5.41) is 12.2. The number of aromatic nitrogens is 4. The highest BCUT2D eigenvalue weighted by Gasteiger charge is 2.17. The molecule has 27 heavy (non-hydrogen) atoms. The Hall–Kier alpha value is -3.55. The van der Waals surface area contributed by atoms with Gasteiger partial charge in [-0.1, -0.05) is 60.7 Å². The third-order valence-corrected chi connectivity index (χ3v) is 3.96. The zero-order valence-corrected chi connectivity index (χ0v) is 14.7. The van der Waals surface area contributed by atoms with Crippen molar-refractivity contribution in [1.82, 2.24) is 25.1 Å². The molecule has 0 spiro atoms. The summed E-state index contributed by atoms with van der Waals surface area (Å²) in [5.74, 6) is -0.210. The number of carbonyl (C=O) groups is 2. The number of tetrazole rings is 1. The van der Waals surface area contributed by atoms with Crippen LogP contribution in [0.25, 0.3) is 11.4 Å². The van der Waals surface area contributed by atoms with Crippen molar-refractivity contribution in [2.24, 2.45) is 5.73 Å². The minimum atomic E-state index is -0.453. The van der Waals surface area contributed by atoms with Crippen molar-refractivity contribution >= 4 is 11.8 Å². The van der Waals surface area contributed by atoms with Crippen LogP contribution in [0, 0.1) is 0 Å². The molecular formula is C19H20N6O2. The molecule has 0 aliphatic carbocycles. The predicted molar refractivity (Wildman–Crippen MR) is 98.9 cm³/mol. The third kappa shape index (κ3) is 5.21. The third-order valence-electron chi connectivity index (χ3n) is 3.96. The van der Waals surface area contributed by atoms with Crippen molar-refractivity contribution in [3.8, 4) is 11.4 Å². The fourth-order valence-electron chi connectivity index (χ4n) is 2.57. The van der Waals surface area contributed by atoms with Gasteiger partial charge >= 0.3 is 0 Å². The van der Waals surface area contributed by atoms with E-state index in [0.717, 1.165) is 11.1 Å². The molecule has 2 N–H and O–H groups in total. The lowest BCUT2D eigenvalue weighted by Crippen LogP contribution is -2.36. The Morgan fingerprint density at radius 2 is 1.67 bits per heavy atom. The molecule has 1 aromatic heterocycles. The van der Waals surface area contributed by atoms with Crippen LogP contribution < -0.4 is 5.73 Å².